The van der Waals surface area contributed by atoms with Gasteiger partial charge in [-0.3, -0.25) is 14.5 Å². The van der Waals surface area contributed by atoms with Gasteiger partial charge in [0.1, 0.15) is 37.4 Å². The van der Waals surface area contributed by atoms with Crippen molar-refractivity contribution in [1.29, 1.82) is 0 Å². The van der Waals surface area contributed by atoms with Crippen LogP contribution in [0.3, 0.4) is 0 Å². The Morgan fingerprint density at radius 2 is 1.26 bits per heavy atom. The summed E-state index contributed by atoms with van der Waals surface area (Å²) in [6, 6.07) is 8.40. The maximum atomic E-state index is 14.1. The molecule has 6 atom stereocenters. The molecule has 4 fully saturated rings. The summed E-state index contributed by atoms with van der Waals surface area (Å²) in [4.78, 5) is 66.3. The molecule has 5 amide bonds. The fourth-order valence-corrected chi connectivity index (χ4v) is 9.41. The van der Waals surface area contributed by atoms with Crippen molar-refractivity contribution < 1.29 is 37.7 Å². The molecule has 0 aliphatic carbocycles. The number of tetrazole rings is 2. The Hall–Kier alpha value is -5.41. The molecule has 5 N–H and O–H groups in total. The number of primary amides is 2. The van der Waals surface area contributed by atoms with Gasteiger partial charge in [0.05, 0.1) is 24.5 Å². The summed E-state index contributed by atoms with van der Waals surface area (Å²) in [5, 5.41) is 26.9. The number of nitrogens with two attached hydrogens (primary N) is 2. The molecule has 4 saturated heterocycles. The lowest BCUT2D eigenvalue weighted by Gasteiger charge is -2.45. The second-order valence-corrected chi connectivity index (χ2v) is 17.8. The van der Waals surface area contributed by atoms with Gasteiger partial charge < -0.3 is 21.5 Å². The molecule has 20 nitrogen and oxygen atoms in total. The van der Waals surface area contributed by atoms with Crippen molar-refractivity contribution in [1.82, 2.24) is 50.6 Å². The molecular weight excluding hydrogens is 831 g/mol. The van der Waals surface area contributed by atoms with E-state index < -0.39 is 41.6 Å². The van der Waals surface area contributed by atoms with Crippen LogP contribution < -0.4 is 16.8 Å². The lowest BCUT2D eigenvalue weighted by molar-refractivity contribution is -0.872. The Labute approximate surface area is 361 Å². The van der Waals surface area contributed by atoms with E-state index >= 15 is 0 Å². The van der Waals surface area contributed by atoms with Gasteiger partial charge in [-0.2, -0.15) is 0 Å². The Bertz CT molecular complexity index is 2290. The lowest BCUT2D eigenvalue weighted by atomic mass is 9.98. The molecule has 324 valence electrons. The Balaban J connectivity index is 0.000000189. The number of carbonyl (C=O) groups is 5. The zero-order valence-electron chi connectivity index (χ0n) is 34.2. The molecular formula is C39H50Cl2N14O6+2. The minimum atomic E-state index is -0.714. The van der Waals surface area contributed by atoms with Crippen LogP contribution in [0, 0.1) is 0 Å². The van der Waals surface area contributed by atoms with Gasteiger partial charge in [0.2, 0.25) is 0 Å². The third kappa shape index (κ3) is 8.85. The van der Waals surface area contributed by atoms with E-state index in [0.717, 1.165) is 30.6 Å². The standard InChI is InChI=1S/C22H28ClN7O4.C17H20ClN7O2/c1-22(2,3)34-21(33)28-9-8-17(28)20(32)30(10-4-5-18(30)19(24)31)12-14-11-15(23)6-7-16(14)29-13-25-26-27-29;18-12-3-4-14(24-10-21-22-23-24)11(8-12)9-25(17(27)13-5-6-20-13)7-1-2-15(25)16(19)26/h6-7,11,13,17-18H,4-5,8-10,12H2,1-3H3,(H-,24,31);3-4,8,10,13,15,20H,1-2,5-7,9H2,(H-,19,26)/p+2/t17?,18-,30?;13?,15-,25?/m00/s1. The van der Waals surface area contributed by atoms with Crippen molar-refractivity contribution in [2.75, 3.05) is 26.2 Å². The van der Waals surface area contributed by atoms with Gasteiger partial charge in [0, 0.05) is 53.4 Å². The number of amides is 5. The van der Waals surface area contributed by atoms with Crippen LogP contribution in [-0.2, 0) is 37.0 Å². The van der Waals surface area contributed by atoms with E-state index in [1.165, 1.54) is 26.9 Å². The summed E-state index contributed by atoms with van der Waals surface area (Å²) in [5.74, 6) is -1.18. The van der Waals surface area contributed by atoms with Crippen molar-refractivity contribution in [3.63, 3.8) is 0 Å². The van der Waals surface area contributed by atoms with Crippen LogP contribution >= 0.6 is 23.2 Å². The van der Waals surface area contributed by atoms with Crippen LogP contribution in [0.15, 0.2) is 49.1 Å². The molecule has 0 saturated carbocycles. The molecule has 8 rings (SSSR count). The van der Waals surface area contributed by atoms with Crippen LogP contribution in [-0.4, -0.2) is 140 Å². The molecule has 2 aromatic carbocycles. The number of likely N-dealkylation sites (tertiary alicyclic amines) is 3. The van der Waals surface area contributed by atoms with Gasteiger partial charge in [-0.1, -0.05) is 23.2 Å². The summed E-state index contributed by atoms with van der Waals surface area (Å²) < 4.78 is 8.33. The maximum absolute atomic E-state index is 14.1. The Morgan fingerprint density at radius 3 is 1.64 bits per heavy atom. The number of carbonyl (C=O) groups excluding carboxylic acids is 5. The zero-order chi connectivity index (χ0) is 43.7. The van der Waals surface area contributed by atoms with Crippen LogP contribution in [0.2, 0.25) is 10.0 Å². The molecule has 0 radical (unpaired) electrons. The highest BCUT2D eigenvalue weighted by atomic mass is 35.5. The van der Waals surface area contributed by atoms with E-state index in [1.807, 2.05) is 6.07 Å². The number of aromatic nitrogens is 8. The summed E-state index contributed by atoms with van der Waals surface area (Å²) in [6.07, 6.45) is 6.19. The Kier molecular flexibility index (Phi) is 12.5. The first kappa shape index (κ1) is 43.7. The number of rotatable bonds is 10. The average Bonchev–Trinajstić information content (AvgIpc) is 3.98. The van der Waals surface area contributed by atoms with Crippen LogP contribution in [0.4, 0.5) is 4.79 Å². The number of benzene rings is 2. The first-order valence-corrected chi connectivity index (χ1v) is 21.0. The predicted octanol–water partition coefficient (Wildman–Crippen LogP) is 1.98. The predicted molar refractivity (Wildman–Crippen MR) is 218 cm³/mol. The van der Waals surface area contributed by atoms with Crippen molar-refractivity contribution in [3.05, 3.63) is 70.2 Å². The van der Waals surface area contributed by atoms with Crippen molar-refractivity contribution in [2.24, 2.45) is 11.5 Å². The Morgan fingerprint density at radius 1 is 0.770 bits per heavy atom. The quantitative estimate of drug-likeness (QED) is 0.193. The summed E-state index contributed by atoms with van der Waals surface area (Å²) >= 11 is 12.5. The normalized spacial score (nSPS) is 25.8. The van der Waals surface area contributed by atoms with Crippen molar-refractivity contribution in [2.45, 2.75) is 102 Å². The van der Waals surface area contributed by atoms with Gasteiger partial charge in [-0.05, 0) is 97.4 Å². The van der Waals surface area contributed by atoms with Crippen molar-refractivity contribution in [3.8, 4) is 11.4 Å². The van der Waals surface area contributed by atoms with E-state index in [0.29, 0.717) is 73.2 Å². The highest BCUT2D eigenvalue weighted by Gasteiger charge is 2.58. The molecule has 4 aromatic rings. The first-order chi connectivity index (χ1) is 29.0. The van der Waals surface area contributed by atoms with Crippen LogP contribution in [0.5, 0.6) is 0 Å². The number of quaternary nitrogens is 2. The molecule has 22 heteroatoms. The summed E-state index contributed by atoms with van der Waals surface area (Å²) in [7, 11) is 0. The van der Waals surface area contributed by atoms with Gasteiger partial charge in [-0.25, -0.2) is 32.7 Å². The molecule has 0 bridgehead atoms. The first-order valence-electron chi connectivity index (χ1n) is 20.2. The molecule has 6 heterocycles. The fraction of sp³-hybridized carbons (Fsp3) is 0.513. The maximum Gasteiger partial charge on any atom is 0.411 e. The van der Waals surface area contributed by atoms with Gasteiger partial charge >= 0.3 is 17.9 Å². The highest BCUT2D eigenvalue weighted by Crippen LogP contribution is 2.38. The number of ether oxygens (including phenoxy) is 1. The number of hydrogen-bond acceptors (Lipinski definition) is 13. The van der Waals surface area contributed by atoms with Gasteiger partial charge in [0.15, 0.2) is 18.1 Å². The molecule has 2 aromatic heterocycles. The zero-order valence-corrected chi connectivity index (χ0v) is 35.7. The van der Waals surface area contributed by atoms with E-state index in [4.69, 9.17) is 39.4 Å². The summed E-state index contributed by atoms with van der Waals surface area (Å²) in [6.45, 7) is 8.04. The molecule has 0 spiro atoms. The topological polar surface area (TPSA) is 249 Å². The van der Waals surface area contributed by atoms with Crippen molar-refractivity contribution >= 4 is 52.9 Å². The minimum absolute atomic E-state index is 0.0163. The molecule has 4 aliphatic heterocycles. The van der Waals surface area contributed by atoms with Crippen LogP contribution in [0.25, 0.3) is 11.4 Å². The number of hydrogen-bond donors (Lipinski definition) is 3. The second-order valence-electron chi connectivity index (χ2n) is 17.0. The van der Waals surface area contributed by atoms with Crippen LogP contribution in [0.1, 0.15) is 70.4 Å². The van der Waals surface area contributed by atoms with Gasteiger partial charge in [-0.15, -0.1) is 10.2 Å². The van der Waals surface area contributed by atoms with E-state index in [9.17, 15) is 24.0 Å². The third-order valence-corrected chi connectivity index (χ3v) is 12.5. The molecule has 4 aliphatic rings. The van der Waals surface area contributed by atoms with E-state index in [2.05, 4.69) is 36.4 Å². The third-order valence-electron chi connectivity index (χ3n) is 12.0. The monoisotopic (exact) mass is 880 g/mol. The van der Waals surface area contributed by atoms with E-state index in [1.54, 1.807) is 51.1 Å². The smallest absolute Gasteiger partial charge is 0.411 e. The fourth-order valence-electron chi connectivity index (χ4n) is 9.02. The summed E-state index contributed by atoms with van der Waals surface area (Å²) in [5.41, 5.74) is 13.7. The average molecular weight is 882 g/mol. The molecule has 61 heavy (non-hydrogen) atoms. The SMILES string of the molecule is CC(C)(C)OC(=O)N1CCC1C(=O)[N+]1(Cc2cc(Cl)ccc2-n2cnnn2)CCC[C@H]1C(N)=O.NC(=O)[C@@H]1CCC[N+]1(Cc1cc(Cl)ccc1-n1cnnn1)C(=O)C1CCN1. The largest absolute Gasteiger partial charge is 0.444 e. The molecule has 4 unspecified atom stereocenters. The number of nitrogens with one attached hydrogen (secondary N) is 1. The second kappa shape index (κ2) is 17.5. The number of halogens is 2. The van der Waals surface area contributed by atoms with Gasteiger partial charge in [0.25, 0.3) is 11.8 Å². The lowest BCUT2D eigenvalue weighted by Crippen LogP contribution is -2.68. The number of nitrogens with zero attached hydrogens (tertiary/aromatic N) is 11. The minimum Gasteiger partial charge on any atom is -0.444 e. The van der Waals surface area contributed by atoms with E-state index in [-0.39, 0.29) is 33.4 Å². The highest BCUT2D eigenvalue weighted by molar-refractivity contribution is 6.31.